The molecule has 0 saturated heterocycles. The molecule has 3 aromatic rings. The van der Waals surface area contributed by atoms with Crippen LogP contribution in [0.15, 0.2) is 51.8 Å². The SMILES string of the molecule is C[C@H](NS(=O)(=O)c1ccc(Cl)c(Cl)c1)C(=O)OCc1nc2ccccc2o1. The number of sulfonamides is 1. The maximum absolute atomic E-state index is 12.4. The van der Waals surface area contributed by atoms with Gasteiger partial charge in [-0.3, -0.25) is 4.79 Å². The highest BCUT2D eigenvalue weighted by atomic mass is 35.5. The first-order valence-electron chi connectivity index (χ1n) is 7.75. The van der Waals surface area contributed by atoms with E-state index in [4.69, 9.17) is 32.4 Å². The highest BCUT2D eigenvalue weighted by molar-refractivity contribution is 7.89. The Bertz CT molecular complexity index is 1060. The van der Waals surface area contributed by atoms with Crippen molar-refractivity contribution in [1.29, 1.82) is 0 Å². The average Bonchev–Trinajstić information content (AvgIpc) is 3.04. The van der Waals surface area contributed by atoms with Gasteiger partial charge < -0.3 is 9.15 Å². The Balaban J connectivity index is 1.63. The number of hydrogen-bond donors (Lipinski definition) is 1. The van der Waals surface area contributed by atoms with Crippen LogP contribution in [0.5, 0.6) is 0 Å². The molecule has 27 heavy (non-hydrogen) atoms. The molecule has 2 aromatic carbocycles. The number of carbonyl (C=O) groups excluding carboxylic acids is 1. The zero-order valence-corrected chi connectivity index (χ0v) is 16.3. The molecule has 142 valence electrons. The van der Waals surface area contributed by atoms with Gasteiger partial charge in [-0.15, -0.1) is 0 Å². The number of oxazole rings is 1. The second-order valence-corrected chi connectivity index (χ2v) is 8.13. The second kappa shape index (κ2) is 7.85. The number of nitrogens with one attached hydrogen (secondary N) is 1. The summed E-state index contributed by atoms with van der Waals surface area (Å²) >= 11 is 11.6. The van der Waals surface area contributed by atoms with Crippen molar-refractivity contribution in [3.05, 3.63) is 58.4 Å². The number of nitrogens with zero attached hydrogens (tertiary/aromatic N) is 1. The Morgan fingerprint density at radius 1 is 1.22 bits per heavy atom. The Hall–Kier alpha value is -2.13. The van der Waals surface area contributed by atoms with Gasteiger partial charge in [-0.25, -0.2) is 13.4 Å². The van der Waals surface area contributed by atoms with Crippen LogP contribution in [0.25, 0.3) is 11.1 Å². The summed E-state index contributed by atoms with van der Waals surface area (Å²) in [6.07, 6.45) is 0. The van der Waals surface area contributed by atoms with Gasteiger partial charge in [0.05, 0.1) is 14.9 Å². The van der Waals surface area contributed by atoms with Crippen LogP contribution in [0.1, 0.15) is 12.8 Å². The van der Waals surface area contributed by atoms with Crippen molar-refractivity contribution >= 4 is 50.3 Å². The summed E-state index contributed by atoms with van der Waals surface area (Å²) in [6, 6.07) is 9.81. The molecular formula is C17H14Cl2N2O5S. The summed E-state index contributed by atoms with van der Waals surface area (Å²) in [6.45, 7) is 1.15. The van der Waals surface area contributed by atoms with Crippen molar-refractivity contribution in [3.63, 3.8) is 0 Å². The van der Waals surface area contributed by atoms with Crippen LogP contribution in [0.4, 0.5) is 0 Å². The zero-order valence-electron chi connectivity index (χ0n) is 14.0. The number of hydrogen-bond acceptors (Lipinski definition) is 6. The molecular weight excluding hydrogens is 415 g/mol. The first-order chi connectivity index (χ1) is 12.8. The molecule has 0 amide bonds. The minimum absolute atomic E-state index is 0.0886. The number of carbonyl (C=O) groups is 1. The molecule has 7 nitrogen and oxygen atoms in total. The molecule has 0 spiro atoms. The Kier molecular flexibility index (Phi) is 5.71. The quantitative estimate of drug-likeness (QED) is 0.602. The molecule has 3 rings (SSSR count). The normalized spacial score (nSPS) is 12.9. The van der Waals surface area contributed by atoms with E-state index < -0.39 is 22.0 Å². The van der Waals surface area contributed by atoms with Gasteiger partial charge in [0, 0.05) is 0 Å². The van der Waals surface area contributed by atoms with E-state index in [1.165, 1.54) is 25.1 Å². The fourth-order valence-electron chi connectivity index (χ4n) is 2.23. The van der Waals surface area contributed by atoms with Crippen LogP contribution in [0.2, 0.25) is 10.0 Å². The summed E-state index contributed by atoms with van der Waals surface area (Å²) in [5.74, 6) is -0.565. The van der Waals surface area contributed by atoms with E-state index >= 15 is 0 Å². The topological polar surface area (TPSA) is 98.5 Å². The summed E-state index contributed by atoms with van der Waals surface area (Å²) in [5.41, 5.74) is 1.20. The smallest absolute Gasteiger partial charge is 0.324 e. The average molecular weight is 429 g/mol. The van der Waals surface area contributed by atoms with Crippen molar-refractivity contribution < 1.29 is 22.4 Å². The van der Waals surface area contributed by atoms with Crippen LogP contribution in [0.3, 0.4) is 0 Å². The Morgan fingerprint density at radius 2 is 1.96 bits per heavy atom. The van der Waals surface area contributed by atoms with Crippen molar-refractivity contribution in [2.45, 2.75) is 24.5 Å². The monoisotopic (exact) mass is 428 g/mol. The van der Waals surface area contributed by atoms with Gasteiger partial charge >= 0.3 is 5.97 Å². The maximum Gasteiger partial charge on any atom is 0.324 e. The first-order valence-corrected chi connectivity index (χ1v) is 9.98. The van der Waals surface area contributed by atoms with Gasteiger partial charge in [0.15, 0.2) is 12.2 Å². The molecule has 1 heterocycles. The van der Waals surface area contributed by atoms with Crippen LogP contribution in [-0.2, 0) is 26.2 Å². The highest BCUT2D eigenvalue weighted by Crippen LogP contribution is 2.25. The molecule has 1 aromatic heterocycles. The fraction of sp³-hybridized carbons (Fsp3) is 0.176. The number of para-hydroxylation sites is 2. The van der Waals surface area contributed by atoms with Gasteiger partial charge in [-0.1, -0.05) is 35.3 Å². The number of benzene rings is 2. The van der Waals surface area contributed by atoms with Gasteiger partial charge in [0.25, 0.3) is 0 Å². The molecule has 0 aliphatic heterocycles. The lowest BCUT2D eigenvalue weighted by Crippen LogP contribution is -2.39. The molecule has 0 fully saturated rings. The fourth-order valence-corrected chi connectivity index (χ4v) is 3.81. The molecule has 0 radical (unpaired) electrons. The van der Waals surface area contributed by atoms with E-state index in [-0.39, 0.29) is 27.4 Å². The lowest BCUT2D eigenvalue weighted by Gasteiger charge is -2.13. The second-order valence-electron chi connectivity index (χ2n) is 5.60. The van der Waals surface area contributed by atoms with Gasteiger partial charge in [-0.05, 0) is 37.3 Å². The van der Waals surface area contributed by atoms with E-state index in [2.05, 4.69) is 9.71 Å². The third-order valence-corrected chi connectivity index (χ3v) is 5.84. The minimum Gasteiger partial charge on any atom is -0.454 e. The molecule has 0 bridgehead atoms. The molecule has 0 saturated carbocycles. The van der Waals surface area contributed by atoms with E-state index in [0.29, 0.717) is 11.1 Å². The lowest BCUT2D eigenvalue weighted by molar-refractivity contribution is -0.147. The third kappa shape index (κ3) is 4.59. The maximum atomic E-state index is 12.4. The van der Waals surface area contributed by atoms with Gasteiger partial charge in [-0.2, -0.15) is 4.72 Å². The Morgan fingerprint density at radius 3 is 2.67 bits per heavy atom. The molecule has 10 heteroatoms. The summed E-state index contributed by atoms with van der Waals surface area (Å²) in [4.78, 5) is 16.2. The standard InChI is InChI=1S/C17H14Cl2N2O5S/c1-10(21-27(23,24)11-6-7-12(18)13(19)8-11)17(22)25-9-16-20-14-4-2-3-5-15(14)26-16/h2-8,10,21H,9H2,1H3/t10-/m0/s1. The summed E-state index contributed by atoms with van der Waals surface area (Å²) < 4.78 is 37.4. The third-order valence-electron chi connectivity index (χ3n) is 3.56. The first kappa shape index (κ1) is 19.6. The zero-order chi connectivity index (χ0) is 19.6. The largest absolute Gasteiger partial charge is 0.454 e. The van der Waals surface area contributed by atoms with Crippen molar-refractivity contribution in [3.8, 4) is 0 Å². The predicted molar refractivity (Wildman–Crippen MR) is 100 cm³/mol. The molecule has 0 aliphatic rings. The molecule has 1 atom stereocenters. The summed E-state index contributed by atoms with van der Waals surface area (Å²) in [7, 11) is -3.98. The molecule has 0 unspecified atom stereocenters. The van der Waals surface area contributed by atoms with Gasteiger partial charge in [0.1, 0.15) is 11.6 Å². The van der Waals surface area contributed by atoms with Crippen LogP contribution in [-0.4, -0.2) is 25.4 Å². The number of halogens is 2. The van der Waals surface area contributed by atoms with Crippen molar-refractivity contribution in [1.82, 2.24) is 9.71 Å². The molecule has 0 aliphatic carbocycles. The minimum atomic E-state index is -3.98. The number of rotatable bonds is 6. The Labute approximate surface area is 165 Å². The number of esters is 1. The highest BCUT2D eigenvalue weighted by Gasteiger charge is 2.24. The van der Waals surface area contributed by atoms with E-state index in [9.17, 15) is 13.2 Å². The van der Waals surface area contributed by atoms with Gasteiger partial charge in [0.2, 0.25) is 15.9 Å². The van der Waals surface area contributed by atoms with E-state index in [1.807, 2.05) is 0 Å². The molecule has 1 N–H and O–H groups in total. The number of fused-ring (bicyclic) bond motifs is 1. The van der Waals surface area contributed by atoms with Crippen LogP contribution < -0.4 is 4.72 Å². The predicted octanol–water partition coefficient (Wildman–Crippen LogP) is 3.54. The summed E-state index contributed by atoms with van der Waals surface area (Å²) in [5, 5.41) is 0.312. The van der Waals surface area contributed by atoms with Crippen molar-refractivity contribution in [2.24, 2.45) is 0 Å². The van der Waals surface area contributed by atoms with Crippen LogP contribution in [0, 0.1) is 0 Å². The van der Waals surface area contributed by atoms with Crippen LogP contribution >= 0.6 is 23.2 Å². The lowest BCUT2D eigenvalue weighted by atomic mass is 10.3. The number of ether oxygens (including phenoxy) is 1. The van der Waals surface area contributed by atoms with E-state index in [0.717, 1.165) is 0 Å². The van der Waals surface area contributed by atoms with E-state index in [1.54, 1.807) is 24.3 Å². The van der Waals surface area contributed by atoms with Crippen molar-refractivity contribution in [2.75, 3.05) is 0 Å². The number of aromatic nitrogens is 1.